The van der Waals surface area contributed by atoms with E-state index in [0.717, 1.165) is 0 Å². The summed E-state index contributed by atoms with van der Waals surface area (Å²) in [6.45, 7) is 13.1. The Labute approximate surface area is 125 Å². The molecular formula is C17H29ClS. The van der Waals surface area contributed by atoms with Crippen LogP contribution in [0.4, 0.5) is 0 Å². The van der Waals surface area contributed by atoms with Gasteiger partial charge in [-0.25, -0.2) is 0 Å². The quantitative estimate of drug-likeness (QED) is 0.540. The zero-order valence-corrected chi connectivity index (χ0v) is 14.9. The second-order valence-corrected chi connectivity index (χ2v) is 12.5. The molecule has 0 heterocycles. The van der Waals surface area contributed by atoms with E-state index in [1.807, 2.05) is 6.08 Å². The van der Waals surface area contributed by atoms with E-state index in [1.54, 1.807) is 0 Å². The molecule has 0 bridgehead atoms. The minimum atomic E-state index is -1.23. The second-order valence-electron chi connectivity index (χ2n) is 6.85. The molecule has 0 aliphatic heterocycles. The van der Waals surface area contributed by atoms with Crippen molar-refractivity contribution in [2.45, 2.75) is 51.7 Å². The summed E-state index contributed by atoms with van der Waals surface area (Å²) in [7, 11) is 5.39. The lowest BCUT2D eigenvalue weighted by Crippen LogP contribution is -2.24. The summed E-state index contributed by atoms with van der Waals surface area (Å²) in [6.07, 6.45) is 14.7. The van der Waals surface area contributed by atoms with Crippen LogP contribution < -0.4 is 0 Å². The monoisotopic (exact) mass is 300 g/mol. The van der Waals surface area contributed by atoms with Gasteiger partial charge in [0.15, 0.2) is 0 Å². The Kier molecular flexibility index (Phi) is 5.07. The summed E-state index contributed by atoms with van der Waals surface area (Å²) in [4.78, 5) is 0. The highest BCUT2D eigenvalue weighted by Gasteiger charge is 2.32. The van der Waals surface area contributed by atoms with Gasteiger partial charge in [-0.1, -0.05) is 48.3 Å². The number of hydrogen-bond acceptors (Lipinski definition) is 0. The van der Waals surface area contributed by atoms with Crippen molar-refractivity contribution in [3.63, 3.8) is 0 Å². The topological polar surface area (TPSA) is 0 Å². The first-order chi connectivity index (χ1) is 8.53. The maximum absolute atomic E-state index is 6.61. The fourth-order valence-corrected chi connectivity index (χ4v) is 3.82. The molecule has 0 aromatic carbocycles. The highest BCUT2D eigenvalue weighted by atomic mass is 35.7. The van der Waals surface area contributed by atoms with E-state index >= 15 is 0 Å². The molecule has 0 radical (unpaired) electrons. The summed E-state index contributed by atoms with van der Waals surface area (Å²) < 4.78 is -0.116. The summed E-state index contributed by atoms with van der Waals surface area (Å²) in [6, 6.07) is 0. The van der Waals surface area contributed by atoms with Gasteiger partial charge in [0.2, 0.25) is 0 Å². The molecule has 0 saturated heterocycles. The third kappa shape index (κ3) is 3.70. The molecule has 0 fully saturated rings. The lowest BCUT2D eigenvalue weighted by Gasteiger charge is -2.40. The molecule has 2 heteroatoms. The highest BCUT2D eigenvalue weighted by molar-refractivity contribution is 8.51. The minimum Gasteiger partial charge on any atom is -0.156 e. The second kappa shape index (κ2) is 5.69. The van der Waals surface area contributed by atoms with Crippen molar-refractivity contribution in [1.82, 2.24) is 0 Å². The molecule has 0 aromatic heterocycles. The van der Waals surface area contributed by atoms with Crippen molar-refractivity contribution in [2.75, 3.05) is 12.5 Å². The van der Waals surface area contributed by atoms with Gasteiger partial charge in [0.25, 0.3) is 0 Å². The average molecular weight is 301 g/mol. The zero-order chi connectivity index (χ0) is 14.9. The Morgan fingerprint density at radius 3 is 2.37 bits per heavy atom. The van der Waals surface area contributed by atoms with Crippen molar-refractivity contribution in [1.29, 1.82) is 0 Å². The van der Waals surface area contributed by atoms with E-state index in [9.17, 15) is 0 Å². The highest BCUT2D eigenvalue weighted by Crippen LogP contribution is 2.59. The average Bonchev–Trinajstić information content (AvgIpc) is 2.25. The number of hydrogen-bond donors (Lipinski definition) is 0. The maximum Gasteiger partial charge on any atom is 0.0452 e. The molecule has 0 aromatic rings. The fraction of sp³-hybridized carbons (Fsp3) is 0.647. The Balaban J connectivity index is 3.13. The Morgan fingerprint density at radius 1 is 1.37 bits per heavy atom. The van der Waals surface area contributed by atoms with E-state index in [2.05, 4.69) is 58.9 Å². The minimum absolute atomic E-state index is 0.116. The summed E-state index contributed by atoms with van der Waals surface area (Å²) in [5.74, 6) is 0. The molecule has 0 amide bonds. The number of allylic oxidation sites excluding steroid dienone is 3. The lowest BCUT2D eigenvalue weighted by atomic mass is 9.72. The Hall–Kier alpha value is -0.140. The van der Waals surface area contributed by atoms with Crippen LogP contribution in [0, 0.1) is 5.41 Å². The number of rotatable bonds is 4. The largest absolute Gasteiger partial charge is 0.156 e. The van der Waals surface area contributed by atoms with Gasteiger partial charge in [-0.2, -0.15) is 9.24 Å². The Bertz CT molecular complexity index is 409. The van der Waals surface area contributed by atoms with Crippen LogP contribution in [0.1, 0.15) is 47.0 Å². The van der Waals surface area contributed by atoms with Crippen molar-refractivity contribution >= 4 is 19.9 Å². The van der Waals surface area contributed by atoms with Crippen LogP contribution in [0.25, 0.3) is 0 Å². The predicted octanol–water partition coefficient (Wildman–Crippen LogP) is 6.23. The van der Waals surface area contributed by atoms with E-state index in [4.69, 9.17) is 10.7 Å². The van der Waals surface area contributed by atoms with Crippen molar-refractivity contribution in [3.8, 4) is 0 Å². The van der Waals surface area contributed by atoms with Crippen LogP contribution in [0.3, 0.4) is 0 Å². The summed E-state index contributed by atoms with van der Waals surface area (Å²) >= 11 is 0. The van der Waals surface area contributed by atoms with E-state index in [0.29, 0.717) is 0 Å². The maximum atomic E-state index is 6.61. The third-order valence-electron chi connectivity index (χ3n) is 4.57. The molecule has 0 nitrogen and oxygen atoms in total. The van der Waals surface area contributed by atoms with Gasteiger partial charge >= 0.3 is 0 Å². The van der Waals surface area contributed by atoms with Crippen LogP contribution in [0.5, 0.6) is 0 Å². The molecule has 1 aliphatic carbocycles. The van der Waals surface area contributed by atoms with Crippen molar-refractivity contribution < 1.29 is 0 Å². The fourth-order valence-electron chi connectivity index (χ4n) is 2.69. The molecule has 1 atom stereocenters. The normalized spacial score (nSPS) is 24.4. The van der Waals surface area contributed by atoms with Gasteiger partial charge in [0, 0.05) is 4.75 Å². The van der Waals surface area contributed by atoms with Crippen LogP contribution >= 0.6 is 19.9 Å². The standard InChI is InChI=1S/C17H29ClS/c1-8-17(5,19(6,7)18)13-11-15-14(2)10-9-12-16(15,3)4/h8,11,13H,1,9-10,12H2,2-7H3/b13-11+. The molecule has 1 rings (SSSR count). The van der Waals surface area contributed by atoms with Crippen LogP contribution in [0.2, 0.25) is 0 Å². The van der Waals surface area contributed by atoms with Gasteiger partial charge < -0.3 is 0 Å². The van der Waals surface area contributed by atoms with Crippen LogP contribution in [-0.2, 0) is 0 Å². The first-order valence-corrected chi connectivity index (χ1v) is 10.3. The van der Waals surface area contributed by atoms with Crippen molar-refractivity contribution in [2.24, 2.45) is 5.41 Å². The lowest BCUT2D eigenvalue weighted by molar-refractivity contribution is 0.376. The van der Waals surface area contributed by atoms with Gasteiger partial charge in [0.05, 0.1) is 0 Å². The summed E-state index contributed by atoms with van der Waals surface area (Å²) in [5.41, 5.74) is 3.31. The van der Waals surface area contributed by atoms with Gasteiger partial charge in [0.1, 0.15) is 0 Å². The van der Waals surface area contributed by atoms with Gasteiger partial charge in [-0.15, -0.1) is 6.58 Å². The molecule has 110 valence electrons. The van der Waals surface area contributed by atoms with Gasteiger partial charge in [-0.3, -0.25) is 0 Å². The molecule has 0 spiro atoms. The van der Waals surface area contributed by atoms with E-state index in [1.165, 1.54) is 30.4 Å². The SMILES string of the molecule is C=CC(C)(/C=C/C1=C(C)CCCC1(C)C)S(C)(C)Cl. The first-order valence-electron chi connectivity index (χ1n) is 6.99. The molecule has 19 heavy (non-hydrogen) atoms. The zero-order valence-electron chi connectivity index (χ0n) is 13.3. The first kappa shape index (κ1) is 16.9. The van der Waals surface area contributed by atoms with E-state index < -0.39 is 9.24 Å². The molecule has 0 saturated carbocycles. The molecule has 1 aliphatic rings. The molecular weight excluding hydrogens is 272 g/mol. The molecule has 1 unspecified atom stereocenters. The Morgan fingerprint density at radius 2 is 1.95 bits per heavy atom. The number of halogens is 1. The smallest absolute Gasteiger partial charge is 0.0452 e. The van der Waals surface area contributed by atoms with Gasteiger partial charge in [-0.05, 0) is 56.6 Å². The van der Waals surface area contributed by atoms with Crippen LogP contribution in [0.15, 0.2) is 36.0 Å². The predicted molar refractivity (Wildman–Crippen MR) is 93.4 cm³/mol. The summed E-state index contributed by atoms with van der Waals surface area (Å²) in [5, 5.41) is 0. The van der Waals surface area contributed by atoms with E-state index in [-0.39, 0.29) is 10.2 Å². The van der Waals surface area contributed by atoms with Crippen LogP contribution in [-0.4, -0.2) is 17.3 Å². The van der Waals surface area contributed by atoms with Crippen molar-refractivity contribution in [3.05, 3.63) is 36.0 Å². The third-order valence-corrected chi connectivity index (χ3v) is 7.97. The molecule has 0 N–H and O–H groups in total.